The molecule has 4 unspecified atom stereocenters. The summed E-state index contributed by atoms with van der Waals surface area (Å²) in [6.45, 7) is 0.253. The number of hydrogen-bond donors (Lipinski definition) is 2. The lowest BCUT2D eigenvalue weighted by atomic mass is 9.85. The number of benzene rings is 2. The SMILES string of the molecule is O=C(O)c1ccc(CNC(=O)c2ccc(N3C(=O)C4C5C=CC(C5)C4C3=O)cc2)cc1. The van der Waals surface area contributed by atoms with Gasteiger partial charge in [0.05, 0.1) is 23.1 Å². The van der Waals surface area contributed by atoms with Gasteiger partial charge in [-0.3, -0.25) is 19.3 Å². The second-order valence-electron chi connectivity index (χ2n) is 8.24. The van der Waals surface area contributed by atoms with Crippen molar-refractivity contribution in [1.29, 1.82) is 0 Å². The highest BCUT2D eigenvalue weighted by Crippen LogP contribution is 2.53. The van der Waals surface area contributed by atoms with Crippen LogP contribution in [0.25, 0.3) is 0 Å². The summed E-state index contributed by atoms with van der Waals surface area (Å²) in [4.78, 5) is 50.4. The van der Waals surface area contributed by atoms with Crippen LogP contribution in [0.15, 0.2) is 60.7 Å². The van der Waals surface area contributed by atoms with Gasteiger partial charge >= 0.3 is 5.97 Å². The quantitative estimate of drug-likeness (QED) is 0.576. The Labute approximate surface area is 178 Å². The van der Waals surface area contributed by atoms with Gasteiger partial charge < -0.3 is 10.4 Å². The van der Waals surface area contributed by atoms with Gasteiger partial charge in [0.2, 0.25) is 11.8 Å². The Morgan fingerprint density at radius 1 is 0.871 bits per heavy atom. The van der Waals surface area contributed by atoms with Crippen LogP contribution >= 0.6 is 0 Å². The highest BCUT2D eigenvalue weighted by Gasteiger charge is 2.59. The molecule has 1 saturated carbocycles. The maximum absolute atomic E-state index is 12.9. The number of rotatable bonds is 5. The average molecular weight is 416 g/mol. The molecule has 5 rings (SSSR count). The molecule has 2 aliphatic carbocycles. The predicted molar refractivity (Wildman–Crippen MR) is 111 cm³/mol. The van der Waals surface area contributed by atoms with Crippen molar-refractivity contribution in [3.05, 3.63) is 77.4 Å². The zero-order chi connectivity index (χ0) is 21.7. The number of hydrogen-bond acceptors (Lipinski definition) is 4. The van der Waals surface area contributed by atoms with Crippen LogP contribution in [0.5, 0.6) is 0 Å². The molecule has 156 valence electrons. The van der Waals surface area contributed by atoms with Crippen LogP contribution < -0.4 is 10.2 Å². The summed E-state index contributed by atoms with van der Waals surface area (Å²) >= 11 is 0. The molecule has 3 aliphatic rings. The summed E-state index contributed by atoms with van der Waals surface area (Å²) in [7, 11) is 0. The van der Waals surface area contributed by atoms with E-state index in [0.29, 0.717) is 11.3 Å². The number of nitrogens with zero attached hydrogens (tertiary/aromatic N) is 1. The fourth-order valence-corrected chi connectivity index (χ4v) is 4.97. The van der Waals surface area contributed by atoms with E-state index in [1.54, 1.807) is 36.4 Å². The number of nitrogens with one attached hydrogen (secondary N) is 1. The number of carboxylic acids is 1. The number of carbonyl (C=O) groups excluding carboxylic acids is 3. The van der Waals surface area contributed by atoms with Crippen LogP contribution in [0.2, 0.25) is 0 Å². The molecule has 0 radical (unpaired) electrons. The van der Waals surface area contributed by atoms with Gasteiger partial charge in [0.1, 0.15) is 0 Å². The third-order valence-corrected chi connectivity index (χ3v) is 6.51. The lowest BCUT2D eigenvalue weighted by Crippen LogP contribution is -2.32. The van der Waals surface area contributed by atoms with E-state index in [4.69, 9.17) is 5.11 Å². The first-order valence-corrected chi connectivity index (χ1v) is 10.2. The van der Waals surface area contributed by atoms with Gasteiger partial charge in [-0.15, -0.1) is 0 Å². The minimum atomic E-state index is -1.00. The topological polar surface area (TPSA) is 104 Å². The van der Waals surface area contributed by atoms with Gasteiger partial charge in [-0.05, 0) is 60.2 Å². The van der Waals surface area contributed by atoms with Crippen LogP contribution in [0.3, 0.4) is 0 Å². The third-order valence-electron chi connectivity index (χ3n) is 6.51. The zero-order valence-electron chi connectivity index (χ0n) is 16.5. The van der Waals surface area contributed by atoms with Gasteiger partial charge in [0.25, 0.3) is 5.91 Å². The molecule has 2 aromatic carbocycles. The van der Waals surface area contributed by atoms with E-state index in [1.165, 1.54) is 17.0 Å². The monoisotopic (exact) mass is 416 g/mol. The summed E-state index contributed by atoms with van der Waals surface area (Å²) in [6.07, 6.45) is 5.01. The van der Waals surface area contributed by atoms with Crippen LogP contribution in [0.4, 0.5) is 5.69 Å². The van der Waals surface area contributed by atoms with Crippen molar-refractivity contribution in [3.8, 4) is 0 Å². The summed E-state index contributed by atoms with van der Waals surface area (Å²) in [5, 5.41) is 11.7. The smallest absolute Gasteiger partial charge is 0.335 e. The fraction of sp³-hybridized carbons (Fsp3) is 0.250. The molecule has 1 saturated heterocycles. The van der Waals surface area contributed by atoms with E-state index < -0.39 is 5.97 Å². The Balaban J connectivity index is 1.25. The Bertz CT molecular complexity index is 1090. The van der Waals surface area contributed by atoms with Crippen LogP contribution in [-0.4, -0.2) is 28.8 Å². The molecular formula is C24H20N2O5. The van der Waals surface area contributed by atoms with Crippen molar-refractivity contribution >= 4 is 29.4 Å². The number of amides is 3. The Morgan fingerprint density at radius 3 is 1.97 bits per heavy atom. The average Bonchev–Trinajstić information content (AvgIpc) is 3.46. The molecule has 2 aromatic rings. The maximum atomic E-state index is 12.9. The largest absolute Gasteiger partial charge is 0.478 e. The molecular weight excluding hydrogens is 396 g/mol. The van der Waals surface area contributed by atoms with E-state index in [0.717, 1.165) is 12.0 Å². The lowest BCUT2D eigenvalue weighted by Gasteiger charge is -2.17. The highest BCUT2D eigenvalue weighted by molar-refractivity contribution is 6.22. The molecule has 2 bridgehead atoms. The first-order chi connectivity index (χ1) is 14.9. The Kier molecular flexibility index (Phi) is 4.46. The van der Waals surface area contributed by atoms with E-state index in [-0.39, 0.29) is 53.5 Å². The molecule has 2 N–H and O–H groups in total. The minimum absolute atomic E-state index is 0.145. The highest BCUT2D eigenvalue weighted by atomic mass is 16.4. The number of aromatic carboxylic acids is 1. The molecule has 1 heterocycles. The van der Waals surface area contributed by atoms with Crippen molar-refractivity contribution in [2.75, 3.05) is 4.90 Å². The number of carboxylic acid groups (broad SMARTS) is 1. The van der Waals surface area contributed by atoms with E-state index in [1.807, 2.05) is 0 Å². The normalized spacial score (nSPS) is 25.7. The van der Waals surface area contributed by atoms with Crippen molar-refractivity contribution in [1.82, 2.24) is 5.32 Å². The first kappa shape index (κ1) is 19.2. The fourth-order valence-electron chi connectivity index (χ4n) is 4.97. The maximum Gasteiger partial charge on any atom is 0.335 e. The first-order valence-electron chi connectivity index (χ1n) is 10.2. The van der Waals surface area contributed by atoms with Crippen LogP contribution in [0, 0.1) is 23.7 Å². The number of carbonyl (C=O) groups is 4. The van der Waals surface area contributed by atoms with E-state index in [9.17, 15) is 19.2 Å². The van der Waals surface area contributed by atoms with E-state index >= 15 is 0 Å². The van der Waals surface area contributed by atoms with E-state index in [2.05, 4.69) is 17.5 Å². The second kappa shape index (κ2) is 7.19. The van der Waals surface area contributed by atoms with Crippen LogP contribution in [0.1, 0.15) is 32.7 Å². The Hall–Kier alpha value is -3.74. The van der Waals surface area contributed by atoms with Gasteiger partial charge in [-0.2, -0.15) is 0 Å². The molecule has 7 heteroatoms. The molecule has 0 spiro atoms. The number of fused-ring (bicyclic) bond motifs is 5. The summed E-state index contributed by atoms with van der Waals surface area (Å²) in [5.41, 5.74) is 1.86. The number of imide groups is 1. The van der Waals surface area contributed by atoms with Crippen molar-refractivity contribution in [3.63, 3.8) is 0 Å². The number of anilines is 1. The third kappa shape index (κ3) is 3.13. The summed E-state index contributed by atoms with van der Waals surface area (Å²) in [5.74, 6) is -1.78. The second-order valence-corrected chi connectivity index (χ2v) is 8.24. The summed E-state index contributed by atoms with van der Waals surface area (Å²) in [6, 6.07) is 12.7. The molecule has 4 atom stereocenters. The zero-order valence-corrected chi connectivity index (χ0v) is 16.5. The van der Waals surface area contributed by atoms with Crippen molar-refractivity contribution in [2.24, 2.45) is 23.7 Å². The van der Waals surface area contributed by atoms with Gasteiger partial charge in [0, 0.05) is 12.1 Å². The molecule has 0 aromatic heterocycles. The van der Waals surface area contributed by atoms with Gasteiger partial charge in [-0.1, -0.05) is 24.3 Å². The molecule has 31 heavy (non-hydrogen) atoms. The molecule has 3 amide bonds. The minimum Gasteiger partial charge on any atom is -0.478 e. The summed E-state index contributed by atoms with van der Waals surface area (Å²) < 4.78 is 0. The van der Waals surface area contributed by atoms with Gasteiger partial charge in [-0.25, -0.2) is 4.79 Å². The van der Waals surface area contributed by atoms with Crippen molar-refractivity contribution < 1.29 is 24.3 Å². The Morgan fingerprint density at radius 2 is 1.42 bits per heavy atom. The van der Waals surface area contributed by atoms with Gasteiger partial charge in [0.15, 0.2) is 0 Å². The van der Waals surface area contributed by atoms with Crippen LogP contribution in [-0.2, 0) is 16.1 Å². The predicted octanol–water partition coefficient (Wildman–Crippen LogP) is 2.63. The molecule has 7 nitrogen and oxygen atoms in total. The lowest BCUT2D eigenvalue weighted by molar-refractivity contribution is -0.123. The van der Waals surface area contributed by atoms with Crippen molar-refractivity contribution in [2.45, 2.75) is 13.0 Å². The number of allylic oxidation sites excluding steroid dienone is 2. The molecule has 1 aliphatic heterocycles. The standard InChI is InChI=1S/C24H20N2O5/c27-21(25-12-13-1-3-15(4-2-13)24(30)31)14-7-9-18(10-8-14)26-22(28)19-16-5-6-17(11-16)20(19)23(26)29/h1-10,16-17,19-20H,11-12H2,(H,25,27)(H,30,31). The molecule has 2 fully saturated rings.